The fraction of sp³-hybridized carbons (Fsp3) is 0.421. The van der Waals surface area contributed by atoms with Crippen molar-refractivity contribution in [2.45, 2.75) is 45.7 Å². The van der Waals surface area contributed by atoms with Gasteiger partial charge in [0.25, 0.3) is 5.91 Å². The second-order valence-corrected chi connectivity index (χ2v) is 7.42. The molecule has 3 aromatic heterocycles. The highest BCUT2D eigenvalue weighted by Crippen LogP contribution is 2.28. The average molecular weight is 363 g/mol. The maximum Gasteiger partial charge on any atom is 0.253 e. The van der Waals surface area contributed by atoms with Crippen molar-refractivity contribution in [3.63, 3.8) is 0 Å². The third-order valence-electron chi connectivity index (χ3n) is 5.48. The summed E-state index contributed by atoms with van der Waals surface area (Å²) in [4.78, 5) is 19.1. The maximum atomic E-state index is 12.4. The molecule has 0 atom stereocenters. The molecule has 1 saturated carbocycles. The van der Waals surface area contributed by atoms with Gasteiger partial charge in [0.05, 0.1) is 5.56 Å². The molecule has 4 heterocycles. The van der Waals surface area contributed by atoms with Crippen LogP contribution in [0.2, 0.25) is 0 Å². The van der Waals surface area contributed by atoms with Crippen molar-refractivity contribution in [2.75, 3.05) is 11.4 Å². The summed E-state index contributed by atoms with van der Waals surface area (Å²) in [5.41, 5.74) is 5.77. The summed E-state index contributed by atoms with van der Waals surface area (Å²) >= 11 is 0. The van der Waals surface area contributed by atoms with Crippen molar-refractivity contribution in [2.24, 2.45) is 0 Å². The van der Waals surface area contributed by atoms with Crippen molar-refractivity contribution in [1.82, 2.24) is 30.1 Å². The van der Waals surface area contributed by atoms with E-state index < -0.39 is 0 Å². The highest BCUT2D eigenvalue weighted by Gasteiger charge is 2.26. The van der Waals surface area contributed by atoms with E-state index >= 15 is 0 Å². The van der Waals surface area contributed by atoms with Crippen LogP contribution in [-0.2, 0) is 13.0 Å². The van der Waals surface area contributed by atoms with E-state index in [1.54, 1.807) is 17.0 Å². The number of hydrogen-bond donors (Lipinski definition) is 1. The Balaban J connectivity index is 1.46. The molecule has 1 aliphatic carbocycles. The second-order valence-electron chi connectivity index (χ2n) is 7.42. The Kier molecular flexibility index (Phi) is 3.60. The Morgan fingerprint density at radius 1 is 1.26 bits per heavy atom. The number of amides is 1. The molecule has 1 N–H and O–H groups in total. The predicted molar refractivity (Wildman–Crippen MR) is 99.7 cm³/mol. The minimum absolute atomic E-state index is 0.0269. The SMILES string of the molecule is Cc1c(N2CCc3ncc(C(=O)NC4CC4)cc3C2)nn2cnnc2c1C. The van der Waals surface area contributed by atoms with Crippen molar-refractivity contribution in [1.29, 1.82) is 0 Å². The number of hydrogen-bond acceptors (Lipinski definition) is 6. The van der Waals surface area contributed by atoms with E-state index in [2.05, 4.69) is 32.3 Å². The Hall–Kier alpha value is -3.03. The van der Waals surface area contributed by atoms with Gasteiger partial charge in [0.15, 0.2) is 11.5 Å². The summed E-state index contributed by atoms with van der Waals surface area (Å²) in [6, 6.07) is 2.32. The van der Waals surface area contributed by atoms with Gasteiger partial charge < -0.3 is 10.2 Å². The zero-order valence-electron chi connectivity index (χ0n) is 15.4. The molecule has 1 fully saturated rings. The lowest BCUT2D eigenvalue weighted by atomic mass is 10.0. The van der Waals surface area contributed by atoms with Crippen molar-refractivity contribution >= 4 is 17.4 Å². The number of aryl methyl sites for hydroxylation is 1. The lowest BCUT2D eigenvalue weighted by Gasteiger charge is -2.30. The smallest absolute Gasteiger partial charge is 0.253 e. The Morgan fingerprint density at radius 2 is 2.11 bits per heavy atom. The van der Waals surface area contributed by atoms with Crippen LogP contribution < -0.4 is 10.2 Å². The molecule has 0 radical (unpaired) electrons. The zero-order valence-corrected chi connectivity index (χ0v) is 15.4. The van der Waals surface area contributed by atoms with E-state index in [9.17, 15) is 4.79 Å². The molecule has 138 valence electrons. The average Bonchev–Trinajstić information content (AvgIpc) is 3.37. The number of carbonyl (C=O) groups excluding carboxylic acids is 1. The van der Waals surface area contributed by atoms with Crippen LogP contribution in [0.25, 0.3) is 5.65 Å². The first-order valence-electron chi connectivity index (χ1n) is 9.31. The van der Waals surface area contributed by atoms with E-state index in [1.165, 1.54) is 0 Å². The zero-order chi connectivity index (χ0) is 18.5. The van der Waals surface area contributed by atoms with Crippen LogP contribution in [0, 0.1) is 13.8 Å². The molecule has 2 aliphatic rings. The normalized spacial score (nSPS) is 16.4. The number of anilines is 1. The second kappa shape index (κ2) is 6.00. The van der Waals surface area contributed by atoms with Gasteiger partial charge in [0.1, 0.15) is 6.33 Å². The standard InChI is InChI=1S/C19H21N7O/c1-11-12(2)18(24-26-10-21-23-17(11)26)25-6-5-16-14(9-25)7-13(8-20-16)19(27)22-15-3-4-15/h7-8,10,15H,3-6,9H2,1-2H3,(H,22,27). The van der Waals surface area contributed by atoms with Crippen molar-refractivity contribution < 1.29 is 4.79 Å². The van der Waals surface area contributed by atoms with E-state index in [0.717, 1.165) is 59.7 Å². The summed E-state index contributed by atoms with van der Waals surface area (Å²) in [6.45, 7) is 5.65. The summed E-state index contributed by atoms with van der Waals surface area (Å²) in [5, 5.41) is 15.8. The van der Waals surface area contributed by atoms with Crippen LogP contribution in [0.4, 0.5) is 5.82 Å². The van der Waals surface area contributed by atoms with Crippen LogP contribution in [0.1, 0.15) is 45.6 Å². The summed E-state index contributed by atoms with van der Waals surface area (Å²) in [5.74, 6) is 0.902. The predicted octanol–water partition coefficient (Wildman–Crippen LogP) is 1.59. The van der Waals surface area contributed by atoms with E-state index in [1.807, 2.05) is 13.0 Å². The number of carbonyl (C=O) groups is 1. The van der Waals surface area contributed by atoms with Gasteiger partial charge in [0.2, 0.25) is 0 Å². The molecule has 8 nitrogen and oxygen atoms in total. The Bertz CT molecular complexity index is 1050. The highest BCUT2D eigenvalue weighted by atomic mass is 16.1. The van der Waals surface area contributed by atoms with Gasteiger partial charge in [0, 0.05) is 48.6 Å². The minimum Gasteiger partial charge on any atom is -0.350 e. The molecule has 8 heteroatoms. The van der Waals surface area contributed by atoms with Gasteiger partial charge in [-0.3, -0.25) is 9.78 Å². The molecule has 0 spiro atoms. The van der Waals surface area contributed by atoms with E-state index in [4.69, 9.17) is 5.10 Å². The van der Waals surface area contributed by atoms with Gasteiger partial charge in [-0.05, 0) is 38.3 Å². The quantitative estimate of drug-likeness (QED) is 0.760. The highest BCUT2D eigenvalue weighted by molar-refractivity contribution is 5.94. The monoisotopic (exact) mass is 363 g/mol. The van der Waals surface area contributed by atoms with Crippen LogP contribution >= 0.6 is 0 Å². The van der Waals surface area contributed by atoms with Crippen LogP contribution in [0.5, 0.6) is 0 Å². The molecule has 5 rings (SSSR count). The molecule has 0 bridgehead atoms. The Morgan fingerprint density at radius 3 is 2.93 bits per heavy atom. The number of fused-ring (bicyclic) bond motifs is 2. The molecule has 0 aromatic carbocycles. The fourth-order valence-corrected chi connectivity index (χ4v) is 3.59. The van der Waals surface area contributed by atoms with Gasteiger partial charge in [-0.25, -0.2) is 0 Å². The third kappa shape index (κ3) is 2.81. The van der Waals surface area contributed by atoms with Crippen LogP contribution in [-0.4, -0.2) is 43.3 Å². The lowest BCUT2D eigenvalue weighted by Crippen LogP contribution is -2.33. The number of nitrogens with zero attached hydrogens (tertiary/aromatic N) is 6. The van der Waals surface area contributed by atoms with Crippen LogP contribution in [0.15, 0.2) is 18.6 Å². The first-order chi connectivity index (χ1) is 13.1. The summed E-state index contributed by atoms with van der Waals surface area (Å²) in [7, 11) is 0. The van der Waals surface area contributed by atoms with E-state index in [0.29, 0.717) is 18.2 Å². The third-order valence-corrected chi connectivity index (χ3v) is 5.48. The molecular formula is C19H21N7O. The van der Waals surface area contributed by atoms with Gasteiger partial charge in [-0.1, -0.05) is 0 Å². The molecule has 1 aliphatic heterocycles. The van der Waals surface area contributed by atoms with Gasteiger partial charge >= 0.3 is 0 Å². The summed E-state index contributed by atoms with van der Waals surface area (Å²) in [6.07, 6.45) is 6.32. The van der Waals surface area contributed by atoms with Gasteiger partial charge in [-0.2, -0.15) is 4.52 Å². The van der Waals surface area contributed by atoms with Crippen molar-refractivity contribution in [3.05, 3.63) is 46.5 Å². The molecule has 1 amide bonds. The van der Waals surface area contributed by atoms with Gasteiger partial charge in [-0.15, -0.1) is 15.3 Å². The van der Waals surface area contributed by atoms with Crippen molar-refractivity contribution in [3.8, 4) is 0 Å². The maximum absolute atomic E-state index is 12.4. The fourth-order valence-electron chi connectivity index (χ4n) is 3.59. The topological polar surface area (TPSA) is 88.3 Å². The summed E-state index contributed by atoms with van der Waals surface area (Å²) < 4.78 is 1.73. The molecule has 3 aromatic rings. The number of pyridine rings is 1. The largest absolute Gasteiger partial charge is 0.350 e. The molecule has 0 unspecified atom stereocenters. The number of rotatable bonds is 3. The minimum atomic E-state index is -0.0269. The number of aromatic nitrogens is 5. The van der Waals surface area contributed by atoms with E-state index in [-0.39, 0.29) is 5.91 Å². The first kappa shape index (κ1) is 16.2. The molecule has 0 saturated heterocycles. The Labute approximate surface area is 156 Å². The molecule has 27 heavy (non-hydrogen) atoms. The molecular weight excluding hydrogens is 342 g/mol. The van der Waals surface area contributed by atoms with Crippen LogP contribution in [0.3, 0.4) is 0 Å². The first-order valence-corrected chi connectivity index (χ1v) is 9.31. The number of nitrogens with one attached hydrogen (secondary N) is 1. The lowest BCUT2D eigenvalue weighted by molar-refractivity contribution is 0.0950.